The van der Waals surface area contributed by atoms with Crippen LogP contribution in [0.25, 0.3) is 0 Å². The van der Waals surface area contributed by atoms with Gasteiger partial charge in [-0.3, -0.25) is 4.79 Å². The van der Waals surface area contributed by atoms with Crippen LogP contribution in [0.1, 0.15) is 35.3 Å². The van der Waals surface area contributed by atoms with Gasteiger partial charge in [-0.05, 0) is 31.4 Å². The van der Waals surface area contributed by atoms with Crippen LogP contribution in [0.3, 0.4) is 0 Å². The van der Waals surface area contributed by atoms with E-state index in [-0.39, 0.29) is 19.1 Å². The molecule has 0 fully saturated rings. The lowest BCUT2D eigenvalue weighted by molar-refractivity contribution is 0.0786. The highest BCUT2D eigenvalue weighted by Gasteiger charge is 2.15. The summed E-state index contributed by atoms with van der Waals surface area (Å²) in [5.74, 6) is 5.07. The molecule has 1 rings (SSSR count). The van der Waals surface area contributed by atoms with Gasteiger partial charge in [0.05, 0.1) is 5.56 Å². The molecule has 0 unspecified atom stereocenters. The molecule has 0 atom stereocenters. The number of carbonyl (C=O) groups is 1. The van der Waals surface area contributed by atoms with E-state index in [1.54, 1.807) is 30.3 Å². The van der Waals surface area contributed by atoms with Crippen LogP contribution >= 0.6 is 0 Å². The Kier molecular flexibility index (Phi) is 7.33. The van der Waals surface area contributed by atoms with Crippen molar-refractivity contribution in [1.82, 2.24) is 9.88 Å². The first kappa shape index (κ1) is 16.2. The lowest BCUT2D eigenvalue weighted by Crippen LogP contribution is -2.29. The van der Waals surface area contributed by atoms with Crippen LogP contribution < -0.4 is 0 Å². The smallest absolute Gasteiger partial charge is 0.273 e. The van der Waals surface area contributed by atoms with E-state index in [9.17, 15) is 4.79 Å². The van der Waals surface area contributed by atoms with Gasteiger partial charge in [0, 0.05) is 26.4 Å². The Morgan fingerprint density at radius 2 is 2.15 bits per heavy atom. The summed E-state index contributed by atoms with van der Waals surface area (Å²) in [5.41, 5.74) is 0.826. The number of aromatic nitrogens is 1. The summed E-state index contributed by atoms with van der Waals surface area (Å²) in [4.78, 5) is 18.0. The van der Waals surface area contributed by atoms with Crippen LogP contribution in [0.15, 0.2) is 18.3 Å². The standard InChI is InChI=1S/C15H20N2O3/c1-17(10-3-2-4-11-18)15(20)14-13(8-6-12-19)7-5-9-16-14/h5,7,9,18-19H,2-4,10-12H2,1H3. The highest BCUT2D eigenvalue weighted by molar-refractivity contribution is 5.94. The van der Waals surface area contributed by atoms with Gasteiger partial charge in [-0.15, -0.1) is 0 Å². The number of amides is 1. The first-order valence-corrected chi connectivity index (χ1v) is 6.61. The summed E-state index contributed by atoms with van der Waals surface area (Å²) in [5, 5.41) is 17.4. The Morgan fingerprint density at radius 3 is 2.85 bits per heavy atom. The lowest BCUT2D eigenvalue weighted by atomic mass is 10.1. The number of unbranched alkanes of at least 4 members (excludes halogenated alkanes) is 2. The monoisotopic (exact) mass is 276 g/mol. The third-order valence-electron chi connectivity index (χ3n) is 2.81. The van der Waals surface area contributed by atoms with Crippen molar-refractivity contribution in [3.8, 4) is 11.8 Å². The molecular formula is C15H20N2O3. The second kappa shape index (κ2) is 9.08. The van der Waals surface area contributed by atoms with E-state index in [0.717, 1.165) is 19.3 Å². The second-order valence-electron chi connectivity index (χ2n) is 4.37. The molecule has 1 heterocycles. The first-order valence-electron chi connectivity index (χ1n) is 6.61. The van der Waals surface area contributed by atoms with Gasteiger partial charge in [0.2, 0.25) is 0 Å². The number of nitrogens with zero attached hydrogens (tertiary/aromatic N) is 2. The van der Waals surface area contributed by atoms with Crippen molar-refractivity contribution in [2.45, 2.75) is 19.3 Å². The van der Waals surface area contributed by atoms with Crippen LogP contribution in [0.4, 0.5) is 0 Å². The molecule has 1 aromatic heterocycles. The zero-order chi connectivity index (χ0) is 14.8. The molecule has 0 bridgehead atoms. The highest BCUT2D eigenvalue weighted by atomic mass is 16.3. The van der Waals surface area contributed by atoms with Crippen LogP contribution in [0.5, 0.6) is 0 Å². The third-order valence-corrected chi connectivity index (χ3v) is 2.81. The molecular weight excluding hydrogens is 256 g/mol. The minimum atomic E-state index is -0.250. The molecule has 1 aromatic rings. The highest BCUT2D eigenvalue weighted by Crippen LogP contribution is 2.08. The van der Waals surface area contributed by atoms with Crippen molar-refractivity contribution in [2.24, 2.45) is 0 Å². The predicted octanol–water partition coefficient (Wildman–Crippen LogP) is 0.660. The number of hydrogen-bond acceptors (Lipinski definition) is 4. The van der Waals surface area contributed by atoms with Gasteiger partial charge >= 0.3 is 0 Å². The summed E-state index contributed by atoms with van der Waals surface area (Å²) in [7, 11) is 1.72. The number of hydrogen-bond donors (Lipinski definition) is 2. The minimum absolute atomic E-state index is 0.179. The van der Waals surface area contributed by atoms with Crippen LogP contribution in [0, 0.1) is 11.8 Å². The number of carbonyl (C=O) groups excluding carboxylic acids is 1. The molecule has 0 aliphatic carbocycles. The molecule has 2 N–H and O–H groups in total. The van der Waals surface area contributed by atoms with Crippen molar-refractivity contribution >= 4 is 5.91 Å². The Bertz CT molecular complexity index is 491. The molecule has 1 amide bonds. The van der Waals surface area contributed by atoms with Gasteiger partial charge in [-0.2, -0.15) is 0 Å². The normalized spacial score (nSPS) is 9.75. The number of aliphatic hydroxyl groups excluding tert-OH is 2. The predicted molar refractivity (Wildman–Crippen MR) is 76.1 cm³/mol. The Morgan fingerprint density at radius 1 is 1.35 bits per heavy atom. The Labute approximate surface area is 119 Å². The Balaban J connectivity index is 2.71. The summed E-state index contributed by atoms with van der Waals surface area (Å²) >= 11 is 0. The molecule has 0 spiro atoms. The molecule has 0 aliphatic rings. The topological polar surface area (TPSA) is 73.7 Å². The van der Waals surface area contributed by atoms with E-state index in [2.05, 4.69) is 16.8 Å². The van der Waals surface area contributed by atoms with Crippen molar-refractivity contribution < 1.29 is 15.0 Å². The van der Waals surface area contributed by atoms with Gasteiger partial charge in [-0.1, -0.05) is 11.8 Å². The molecule has 5 nitrogen and oxygen atoms in total. The average molecular weight is 276 g/mol. The quantitative estimate of drug-likeness (QED) is 0.591. The van der Waals surface area contributed by atoms with E-state index >= 15 is 0 Å². The van der Waals surface area contributed by atoms with Crippen molar-refractivity contribution in [3.63, 3.8) is 0 Å². The van der Waals surface area contributed by atoms with E-state index < -0.39 is 0 Å². The molecule has 0 saturated heterocycles. The molecule has 20 heavy (non-hydrogen) atoms. The third kappa shape index (κ3) is 5.00. The summed E-state index contributed by atoms with van der Waals surface area (Å²) < 4.78 is 0. The lowest BCUT2D eigenvalue weighted by Gasteiger charge is -2.17. The maximum atomic E-state index is 12.3. The van der Waals surface area contributed by atoms with E-state index in [4.69, 9.17) is 10.2 Å². The fourth-order valence-electron chi connectivity index (χ4n) is 1.73. The van der Waals surface area contributed by atoms with E-state index in [1.807, 2.05) is 0 Å². The fraction of sp³-hybridized carbons (Fsp3) is 0.467. The number of rotatable bonds is 6. The molecule has 5 heteroatoms. The SMILES string of the molecule is CN(CCCCCO)C(=O)c1ncccc1C#CCO. The van der Waals surface area contributed by atoms with Crippen LogP contribution in [-0.2, 0) is 0 Å². The fourth-order valence-corrected chi connectivity index (χ4v) is 1.73. The molecule has 108 valence electrons. The molecule has 0 aromatic carbocycles. The van der Waals surface area contributed by atoms with Crippen molar-refractivity contribution in [1.29, 1.82) is 0 Å². The molecule has 0 radical (unpaired) electrons. The number of aliphatic hydroxyl groups is 2. The summed E-state index contributed by atoms with van der Waals surface area (Å²) in [6, 6.07) is 3.42. The minimum Gasteiger partial charge on any atom is -0.396 e. The zero-order valence-electron chi connectivity index (χ0n) is 11.7. The first-order chi connectivity index (χ1) is 9.70. The van der Waals surface area contributed by atoms with Gasteiger partial charge < -0.3 is 15.1 Å². The average Bonchev–Trinajstić information content (AvgIpc) is 2.49. The van der Waals surface area contributed by atoms with Gasteiger partial charge in [0.1, 0.15) is 12.3 Å². The van der Waals surface area contributed by atoms with Gasteiger partial charge in [-0.25, -0.2) is 4.98 Å². The number of pyridine rings is 1. The second-order valence-corrected chi connectivity index (χ2v) is 4.37. The molecule has 0 aliphatic heterocycles. The van der Waals surface area contributed by atoms with Gasteiger partial charge in [0.15, 0.2) is 0 Å². The van der Waals surface area contributed by atoms with E-state index in [1.165, 1.54) is 0 Å². The summed E-state index contributed by atoms with van der Waals surface area (Å²) in [6.07, 6.45) is 4.02. The Hall–Kier alpha value is -1.90. The van der Waals surface area contributed by atoms with E-state index in [0.29, 0.717) is 17.8 Å². The molecule has 0 saturated carbocycles. The maximum absolute atomic E-state index is 12.3. The maximum Gasteiger partial charge on any atom is 0.273 e. The zero-order valence-corrected chi connectivity index (χ0v) is 11.7. The van der Waals surface area contributed by atoms with Crippen molar-refractivity contribution in [3.05, 3.63) is 29.6 Å². The summed E-state index contributed by atoms with van der Waals surface area (Å²) in [6.45, 7) is 0.542. The van der Waals surface area contributed by atoms with Gasteiger partial charge in [0.25, 0.3) is 5.91 Å². The largest absolute Gasteiger partial charge is 0.396 e. The van der Waals surface area contributed by atoms with Crippen LogP contribution in [0.2, 0.25) is 0 Å². The van der Waals surface area contributed by atoms with Crippen molar-refractivity contribution in [2.75, 3.05) is 26.8 Å². The van der Waals surface area contributed by atoms with Crippen LogP contribution in [-0.4, -0.2) is 52.8 Å².